The first-order chi connectivity index (χ1) is 8.93. The van der Waals surface area contributed by atoms with Crippen LogP contribution in [0.4, 0.5) is 4.79 Å². The summed E-state index contributed by atoms with van der Waals surface area (Å²) in [6.45, 7) is 2.36. The second-order valence-electron chi connectivity index (χ2n) is 4.87. The number of nitrogens with two attached hydrogens (primary N) is 1. The first-order valence-electron chi connectivity index (χ1n) is 6.50. The van der Waals surface area contributed by atoms with Gasteiger partial charge in [-0.25, -0.2) is 4.79 Å². The lowest BCUT2D eigenvalue weighted by molar-refractivity contribution is -0.141. The van der Waals surface area contributed by atoms with Crippen LogP contribution in [-0.2, 0) is 9.59 Å². The Morgan fingerprint density at radius 3 is 2.68 bits per heavy atom. The third kappa shape index (κ3) is 4.42. The average Bonchev–Trinajstić information content (AvgIpc) is 2.38. The van der Waals surface area contributed by atoms with Crippen molar-refractivity contribution in [3.8, 4) is 0 Å². The summed E-state index contributed by atoms with van der Waals surface area (Å²) in [5, 5.41) is 11.4. The van der Waals surface area contributed by atoms with Crippen LogP contribution in [0.25, 0.3) is 0 Å². The lowest BCUT2D eigenvalue weighted by Crippen LogP contribution is -2.53. The monoisotopic (exact) mass is 271 g/mol. The van der Waals surface area contributed by atoms with Crippen molar-refractivity contribution in [1.29, 1.82) is 0 Å². The smallest absolute Gasteiger partial charge is 0.318 e. The molecule has 1 heterocycles. The van der Waals surface area contributed by atoms with Crippen molar-refractivity contribution >= 4 is 17.9 Å². The fourth-order valence-corrected chi connectivity index (χ4v) is 2.09. The summed E-state index contributed by atoms with van der Waals surface area (Å²) >= 11 is 0. The number of carboxylic acids is 1. The molecule has 2 atom stereocenters. The molecule has 4 N–H and O–H groups in total. The van der Waals surface area contributed by atoms with Crippen molar-refractivity contribution in [3.05, 3.63) is 0 Å². The van der Waals surface area contributed by atoms with E-state index in [4.69, 9.17) is 10.8 Å². The number of carbonyl (C=O) groups excluding carboxylic acids is 2. The van der Waals surface area contributed by atoms with E-state index >= 15 is 0 Å². The highest BCUT2D eigenvalue weighted by Crippen LogP contribution is 2.16. The number of aliphatic carboxylic acids is 1. The summed E-state index contributed by atoms with van der Waals surface area (Å²) in [6.07, 6.45) is 2.68. The van der Waals surface area contributed by atoms with Crippen molar-refractivity contribution < 1.29 is 19.5 Å². The van der Waals surface area contributed by atoms with Crippen molar-refractivity contribution in [1.82, 2.24) is 10.2 Å². The molecule has 19 heavy (non-hydrogen) atoms. The maximum atomic E-state index is 11.9. The fourth-order valence-electron chi connectivity index (χ4n) is 2.09. The zero-order chi connectivity index (χ0) is 14.4. The zero-order valence-electron chi connectivity index (χ0n) is 11.1. The number of primary amides is 1. The molecule has 0 aliphatic carbocycles. The molecule has 1 saturated heterocycles. The van der Waals surface area contributed by atoms with E-state index in [1.165, 1.54) is 4.90 Å². The first kappa shape index (κ1) is 15.3. The maximum absolute atomic E-state index is 11.9. The third-order valence-electron chi connectivity index (χ3n) is 3.37. The summed E-state index contributed by atoms with van der Waals surface area (Å²) in [5.41, 5.74) is 5.27. The molecule has 1 fully saturated rings. The van der Waals surface area contributed by atoms with Crippen LogP contribution < -0.4 is 11.1 Å². The molecule has 1 aliphatic heterocycles. The van der Waals surface area contributed by atoms with Gasteiger partial charge in [0.25, 0.3) is 0 Å². The van der Waals surface area contributed by atoms with Gasteiger partial charge >= 0.3 is 12.0 Å². The highest BCUT2D eigenvalue weighted by molar-refractivity contribution is 5.86. The summed E-state index contributed by atoms with van der Waals surface area (Å²) in [6, 6.07) is -0.897. The molecule has 0 bridgehead atoms. The number of piperidine rings is 1. The van der Waals surface area contributed by atoms with Gasteiger partial charge in [0.2, 0.25) is 5.91 Å². The standard InChI is InChI=1S/C12H21N3O4/c1-8(11(17)18)5-6-14-12(19)15-7-3-2-4-9(15)10(13)16/h8-9H,2-7H2,1H3,(H2,13,16)(H,14,19)(H,17,18). The lowest BCUT2D eigenvalue weighted by atomic mass is 10.0. The Morgan fingerprint density at radius 2 is 2.11 bits per heavy atom. The van der Waals surface area contributed by atoms with E-state index in [1.807, 2.05) is 0 Å². The van der Waals surface area contributed by atoms with Crippen LogP contribution in [0.3, 0.4) is 0 Å². The predicted octanol–water partition coefficient (Wildman–Crippen LogP) is 0.147. The van der Waals surface area contributed by atoms with Crippen molar-refractivity contribution in [2.75, 3.05) is 13.1 Å². The summed E-state index contributed by atoms with van der Waals surface area (Å²) in [5.74, 6) is -1.88. The Labute approximate surface area is 112 Å². The Bertz CT molecular complexity index is 359. The Morgan fingerprint density at radius 1 is 1.42 bits per heavy atom. The molecule has 7 heteroatoms. The number of urea groups is 1. The molecular formula is C12H21N3O4. The van der Waals surface area contributed by atoms with Gasteiger partial charge < -0.3 is 21.1 Å². The van der Waals surface area contributed by atoms with E-state index in [0.29, 0.717) is 19.4 Å². The van der Waals surface area contributed by atoms with Gasteiger partial charge in [-0.15, -0.1) is 0 Å². The number of hydrogen-bond donors (Lipinski definition) is 3. The van der Waals surface area contributed by atoms with Gasteiger partial charge in [-0.1, -0.05) is 6.92 Å². The van der Waals surface area contributed by atoms with Crippen LogP contribution in [0.2, 0.25) is 0 Å². The number of rotatable bonds is 5. The molecule has 1 rings (SSSR count). The molecule has 108 valence electrons. The Balaban J connectivity index is 2.43. The minimum atomic E-state index is -0.887. The number of carboxylic acid groups (broad SMARTS) is 1. The minimum Gasteiger partial charge on any atom is -0.481 e. The summed E-state index contributed by atoms with van der Waals surface area (Å²) < 4.78 is 0. The maximum Gasteiger partial charge on any atom is 0.318 e. The lowest BCUT2D eigenvalue weighted by Gasteiger charge is -2.33. The average molecular weight is 271 g/mol. The summed E-state index contributed by atoms with van der Waals surface area (Å²) in [7, 11) is 0. The summed E-state index contributed by atoms with van der Waals surface area (Å²) in [4.78, 5) is 35.3. The van der Waals surface area contributed by atoms with E-state index in [-0.39, 0.29) is 12.6 Å². The van der Waals surface area contributed by atoms with Crippen LogP contribution in [0.1, 0.15) is 32.6 Å². The molecule has 0 aromatic heterocycles. The molecule has 0 aromatic rings. The van der Waals surface area contributed by atoms with Crippen molar-refractivity contribution in [2.24, 2.45) is 11.7 Å². The number of nitrogens with zero attached hydrogens (tertiary/aromatic N) is 1. The van der Waals surface area contributed by atoms with E-state index in [1.54, 1.807) is 6.92 Å². The van der Waals surface area contributed by atoms with Gasteiger partial charge in [-0.05, 0) is 25.7 Å². The second-order valence-corrected chi connectivity index (χ2v) is 4.87. The van der Waals surface area contributed by atoms with Crippen LogP contribution in [0, 0.1) is 5.92 Å². The van der Waals surface area contributed by atoms with Gasteiger partial charge in [0.1, 0.15) is 6.04 Å². The highest BCUT2D eigenvalue weighted by atomic mass is 16.4. The zero-order valence-corrected chi connectivity index (χ0v) is 11.1. The van der Waals surface area contributed by atoms with Gasteiger partial charge in [-0.2, -0.15) is 0 Å². The van der Waals surface area contributed by atoms with Gasteiger partial charge in [-0.3, -0.25) is 9.59 Å². The van der Waals surface area contributed by atoms with Crippen LogP contribution in [-0.4, -0.2) is 47.0 Å². The highest BCUT2D eigenvalue weighted by Gasteiger charge is 2.30. The van der Waals surface area contributed by atoms with Crippen molar-refractivity contribution in [2.45, 2.75) is 38.6 Å². The van der Waals surface area contributed by atoms with Gasteiger partial charge in [0, 0.05) is 13.1 Å². The Hall–Kier alpha value is -1.79. The molecule has 0 radical (unpaired) electrons. The SMILES string of the molecule is CC(CCNC(=O)N1CCCCC1C(N)=O)C(=O)O. The quantitative estimate of drug-likeness (QED) is 0.660. The molecule has 0 spiro atoms. The van der Waals surface area contributed by atoms with E-state index < -0.39 is 23.8 Å². The molecule has 3 amide bonds. The number of amides is 3. The molecular weight excluding hydrogens is 250 g/mol. The van der Waals surface area contributed by atoms with E-state index in [0.717, 1.165) is 12.8 Å². The number of carbonyl (C=O) groups is 3. The molecule has 0 aromatic carbocycles. The number of nitrogens with one attached hydrogen (secondary N) is 1. The molecule has 7 nitrogen and oxygen atoms in total. The largest absolute Gasteiger partial charge is 0.481 e. The third-order valence-corrected chi connectivity index (χ3v) is 3.37. The normalized spacial score (nSPS) is 20.7. The number of hydrogen-bond acceptors (Lipinski definition) is 3. The predicted molar refractivity (Wildman–Crippen MR) is 68.4 cm³/mol. The topological polar surface area (TPSA) is 113 Å². The molecule has 2 unspecified atom stereocenters. The van der Waals surface area contributed by atoms with E-state index in [9.17, 15) is 14.4 Å². The van der Waals surface area contributed by atoms with Gasteiger partial charge in [0.15, 0.2) is 0 Å². The van der Waals surface area contributed by atoms with Gasteiger partial charge in [0.05, 0.1) is 5.92 Å². The van der Waals surface area contributed by atoms with E-state index in [2.05, 4.69) is 5.32 Å². The Kier molecular flexibility index (Phi) is 5.59. The van der Waals surface area contributed by atoms with Crippen LogP contribution in [0.15, 0.2) is 0 Å². The second kappa shape index (κ2) is 6.96. The number of likely N-dealkylation sites (tertiary alicyclic amines) is 1. The fraction of sp³-hybridized carbons (Fsp3) is 0.750. The molecule has 1 aliphatic rings. The van der Waals surface area contributed by atoms with Crippen molar-refractivity contribution in [3.63, 3.8) is 0 Å². The first-order valence-corrected chi connectivity index (χ1v) is 6.50. The van der Waals surface area contributed by atoms with Crippen LogP contribution in [0.5, 0.6) is 0 Å². The van der Waals surface area contributed by atoms with Crippen LogP contribution >= 0.6 is 0 Å². The minimum absolute atomic E-state index is 0.272. The molecule has 0 saturated carbocycles.